The maximum atomic E-state index is 12.6. The van der Waals surface area contributed by atoms with Gasteiger partial charge >= 0.3 is 5.97 Å². The van der Waals surface area contributed by atoms with Crippen molar-refractivity contribution in [1.82, 2.24) is 4.90 Å². The molecule has 3 rings (SSSR count). The molecule has 0 atom stereocenters. The van der Waals surface area contributed by atoms with Gasteiger partial charge < -0.3 is 15.0 Å². The molecule has 0 spiro atoms. The van der Waals surface area contributed by atoms with Gasteiger partial charge in [-0.05, 0) is 44.7 Å². The third kappa shape index (κ3) is 4.06. The lowest BCUT2D eigenvalue weighted by Crippen LogP contribution is -2.45. The molecular formula is C20H26N2O4. The molecule has 6 nitrogen and oxygen atoms in total. The summed E-state index contributed by atoms with van der Waals surface area (Å²) in [6, 6.07) is 6.87. The first-order valence-electron chi connectivity index (χ1n) is 9.46. The summed E-state index contributed by atoms with van der Waals surface area (Å²) in [5, 5.41) is 2.87. The van der Waals surface area contributed by atoms with E-state index in [4.69, 9.17) is 4.74 Å². The average molecular weight is 358 g/mol. The Bertz CT molecular complexity index is 676. The molecular weight excluding hydrogens is 332 g/mol. The molecule has 26 heavy (non-hydrogen) atoms. The van der Waals surface area contributed by atoms with Gasteiger partial charge in [-0.3, -0.25) is 9.59 Å². The Kier molecular flexibility index (Phi) is 5.91. The Balaban J connectivity index is 1.56. The van der Waals surface area contributed by atoms with Crippen LogP contribution in [0.2, 0.25) is 0 Å². The van der Waals surface area contributed by atoms with Crippen molar-refractivity contribution < 1.29 is 19.1 Å². The molecule has 0 unspecified atom stereocenters. The van der Waals surface area contributed by atoms with Crippen LogP contribution in [-0.4, -0.2) is 42.4 Å². The quantitative estimate of drug-likeness (QED) is 0.821. The number of ether oxygens (including phenoxy) is 1. The van der Waals surface area contributed by atoms with E-state index in [0.29, 0.717) is 37.2 Å². The number of likely N-dealkylation sites (tertiary alicyclic amines) is 1. The fraction of sp³-hybridized carbons (Fsp3) is 0.550. The number of piperidine rings is 1. The first-order valence-corrected chi connectivity index (χ1v) is 9.46. The van der Waals surface area contributed by atoms with Crippen LogP contribution < -0.4 is 5.32 Å². The molecule has 1 aromatic rings. The molecule has 1 heterocycles. The van der Waals surface area contributed by atoms with Gasteiger partial charge in [0.2, 0.25) is 11.8 Å². The number of carbonyl (C=O) groups is 3. The van der Waals surface area contributed by atoms with E-state index in [2.05, 4.69) is 5.32 Å². The van der Waals surface area contributed by atoms with E-state index in [1.165, 1.54) is 0 Å². The second-order valence-corrected chi connectivity index (χ2v) is 6.98. The number of nitrogens with one attached hydrogen (secondary N) is 1. The van der Waals surface area contributed by atoms with Gasteiger partial charge in [-0.1, -0.05) is 18.6 Å². The van der Waals surface area contributed by atoms with Crippen molar-refractivity contribution in [1.29, 1.82) is 0 Å². The van der Waals surface area contributed by atoms with Gasteiger partial charge in [0.15, 0.2) is 0 Å². The molecule has 1 N–H and O–H groups in total. The van der Waals surface area contributed by atoms with Gasteiger partial charge in [0.05, 0.1) is 17.9 Å². The van der Waals surface area contributed by atoms with Gasteiger partial charge in [0.1, 0.15) is 0 Å². The molecule has 140 valence electrons. The lowest BCUT2D eigenvalue weighted by molar-refractivity contribution is -0.140. The van der Waals surface area contributed by atoms with Crippen LogP contribution in [0, 0.1) is 11.8 Å². The number of anilines is 1. The van der Waals surface area contributed by atoms with E-state index >= 15 is 0 Å². The highest BCUT2D eigenvalue weighted by atomic mass is 16.5. The van der Waals surface area contributed by atoms with Crippen LogP contribution in [0.1, 0.15) is 49.4 Å². The summed E-state index contributed by atoms with van der Waals surface area (Å²) in [5.41, 5.74) is 0.837. The highest BCUT2D eigenvalue weighted by molar-refractivity contribution is 6.01. The molecule has 2 amide bonds. The molecule has 1 saturated heterocycles. The number of hydrogen-bond acceptors (Lipinski definition) is 4. The van der Waals surface area contributed by atoms with E-state index in [0.717, 1.165) is 19.3 Å². The maximum Gasteiger partial charge on any atom is 0.340 e. The fourth-order valence-electron chi connectivity index (χ4n) is 3.49. The molecule has 1 aliphatic heterocycles. The van der Waals surface area contributed by atoms with Gasteiger partial charge in [0, 0.05) is 24.9 Å². The van der Waals surface area contributed by atoms with Crippen LogP contribution >= 0.6 is 0 Å². The van der Waals surface area contributed by atoms with E-state index in [1.807, 2.05) is 4.90 Å². The topological polar surface area (TPSA) is 75.7 Å². The molecule has 2 fully saturated rings. The van der Waals surface area contributed by atoms with E-state index in [9.17, 15) is 14.4 Å². The first kappa shape index (κ1) is 18.4. The van der Waals surface area contributed by atoms with Crippen LogP contribution in [0.3, 0.4) is 0 Å². The number of benzene rings is 1. The van der Waals surface area contributed by atoms with Crippen molar-refractivity contribution in [2.45, 2.75) is 39.0 Å². The van der Waals surface area contributed by atoms with Crippen molar-refractivity contribution in [3.8, 4) is 0 Å². The fourth-order valence-corrected chi connectivity index (χ4v) is 3.49. The van der Waals surface area contributed by atoms with Crippen LogP contribution in [0.15, 0.2) is 24.3 Å². The predicted molar refractivity (Wildman–Crippen MR) is 97.7 cm³/mol. The molecule has 0 aromatic heterocycles. The molecule has 6 heteroatoms. The summed E-state index contributed by atoms with van der Waals surface area (Å²) in [4.78, 5) is 38.8. The Morgan fingerprint density at radius 2 is 1.77 bits per heavy atom. The molecule has 0 radical (unpaired) electrons. The Hall–Kier alpha value is -2.37. The summed E-state index contributed by atoms with van der Waals surface area (Å²) in [6.07, 6.45) is 4.47. The SMILES string of the molecule is CCOC(=O)c1ccccc1NC(=O)C1CCN(C(=O)C2CCC2)CC1. The van der Waals surface area contributed by atoms with Crippen LogP contribution in [0.5, 0.6) is 0 Å². The summed E-state index contributed by atoms with van der Waals surface area (Å²) in [5.74, 6) is -0.225. The molecule has 0 bridgehead atoms. The maximum absolute atomic E-state index is 12.6. The summed E-state index contributed by atoms with van der Waals surface area (Å²) in [6.45, 7) is 3.30. The van der Waals surface area contributed by atoms with Crippen LogP contribution in [0.25, 0.3) is 0 Å². The van der Waals surface area contributed by atoms with Crippen molar-refractivity contribution in [3.05, 3.63) is 29.8 Å². The zero-order valence-corrected chi connectivity index (χ0v) is 15.2. The van der Waals surface area contributed by atoms with Gasteiger partial charge in [-0.2, -0.15) is 0 Å². The van der Waals surface area contributed by atoms with Crippen molar-refractivity contribution >= 4 is 23.5 Å². The third-order valence-electron chi connectivity index (χ3n) is 5.31. The highest BCUT2D eigenvalue weighted by Crippen LogP contribution is 2.30. The van der Waals surface area contributed by atoms with Gasteiger partial charge in [-0.15, -0.1) is 0 Å². The summed E-state index contributed by atoms with van der Waals surface area (Å²) < 4.78 is 5.04. The van der Waals surface area contributed by atoms with E-state index in [-0.39, 0.29) is 30.3 Å². The van der Waals surface area contributed by atoms with Crippen molar-refractivity contribution in [3.63, 3.8) is 0 Å². The molecule has 2 aliphatic rings. The summed E-state index contributed by atoms with van der Waals surface area (Å²) in [7, 11) is 0. The molecule has 1 aliphatic carbocycles. The largest absolute Gasteiger partial charge is 0.462 e. The first-order chi connectivity index (χ1) is 12.6. The monoisotopic (exact) mass is 358 g/mol. The smallest absolute Gasteiger partial charge is 0.340 e. The second kappa shape index (κ2) is 8.34. The normalized spacial score (nSPS) is 18.1. The minimum atomic E-state index is -0.440. The standard InChI is InChI=1S/C20H26N2O4/c1-2-26-20(25)16-8-3-4-9-17(16)21-18(23)14-10-12-22(13-11-14)19(24)15-6-5-7-15/h3-4,8-9,14-15H,2,5-7,10-13H2,1H3,(H,21,23). The lowest BCUT2D eigenvalue weighted by Gasteiger charge is -2.36. The highest BCUT2D eigenvalue weighted by Gasteiger charge is 2.33. The Morgan fingerprint density at radius 3 is 2.38 bits per heavy atom. The molecule has 1 saturated carbocycles. The number of amides is 2. The minimum Gasteiger partial charge on any atom is -0.462 e. The number of rotatable bonds is 5. The molecule has 1 aromatic carbocycles. The average Bonchev–Trinajstić information content (AvgIpc) is 2.61. The number of esters is 1. The number of para-hydroxylation sites is 1. The van der Waals surface area contributed by atoms with Crippen molar-refractivity contribution in [2.24, 2.45) is 11.8 Å². The van der Waals surface area contributed by atoms with Gasteiger partial charge in [0.25, 0.3) is 0 Å². The number of carbonyl (C=O) groups excluding carboxylic acids is 3. The second-order valence-electron chi connectivity index (χ2n) is 6.98. The lowest BCUT2D eigenvalue weighted by atomic mass is 9.83. The zero-order valence-electron chi connectivity index (χ0n) is 15.2. The predicted octanol–water partition coefficient (Wildman–Crippen LogP) is 2.84. The van der Waals surface area contributed by atoms with Gasteiger partial charge in [-0.25, -0.2) is 4.79 Å². The van der Waals surface area contributed by atoms with E-state index in [1.54, 1.807) is 31.2 Å². The zero-order chi connectivity index (χ0) is 18.5. The Morgan fingerprint density at radius 1 is 1.08 bits per heavy atom. The minimum absolute atomic E-state index is 0.0995. The number of nitrogens with zero attached hydrogens (tertiary/aromatic N) is 1. The Labute approximate surface area is 153 Å². The van der Waals surface area contributed by atoms with E-state index < -0.39 is 5.97 Å². The van der Waals surface area contributed by atoms with Crippen molar-refractivity contribution in [2.75, 3.05) is 25.0 Å². The van der Waals surface area contributed by atoms with Crippen LogP contribution in [-0.2, 0) is 14.3 Å². The van der Waals surface area contributed by atoms with Crippen LogP contribution in [0.4, 0.5) is 5.69 Å². The summed E-state index contributed by atoms with van der Waals surface area (Å²) >= 11 is 0. The number of hydrogen-bond donors (Lipinski definition) is 1. The third-order valence-corrected chi connectivity index (χ3v) is 5.31.